The highest BCUT2D eigenvalue weighted by Crippen LogP contribution is 2.31. The van der Waals surface area contributed by atoms with Gasteiger partial charge in [-0.2, -0.15) is 0 Å². The number of nitrogens with one attached hydrogen (secondary N) is 1. The molecule has 1 aromatic heterocycles. The van der Waals surface area contributed by atoms with E-state index in [2.05, 4.69) is 44.2 Å². The molecule has 0 bridgehead atoms. The first-order valence-corrected chi connectivity index (χ1v) is 9.85. The van der Waals surface area contributed by atoms with E-state index >= 15 is 0 Å². The molecule has 1 N–H and O–H groups in total. The van der Waals surface area contributed by atoms with Crippen LogP contribution in [0.4, 0.5) is 11.4 Å². The van der Waals surface area contributed by atoms with E-state index in [1.807, 2.05) is 43.3 Å². The average molecular weight is 428 g/mol. The number of fused-ring (bicyclic) bond motifs is 1. The minimum absolute atomic E-state index is 0.221. The fourth-order valence-electron chi connectivity index (χ4n) is 3.49. The highest BCUT2D eigenvalue weighted by Gasteiger charge is 2.21. The van der Waals surface area contributed by atoms with E-state index in [9.17, 15) is 4.79 Å². The maximum absolute atomic E-state index is 12.9. The quantitative estimate of drug-likeness (QED) is 0.667. The zero-order chi connectivity index (χ0) is 19.0. The second-order valence-corrected chi connectivity index (χ2v) is 7.87. The number of carbonyl (C=O) groups is 1. The lowest BCUT2D eigenvalue weighted by molar-refractivity contribution is 0.0998. The van der Waals surface area contributed by atoms with Crippen LogP contribution in [0.25, 0.3) is 11.0 Å². The van der Waals surface area contributed by atoms with Crippen LogP contribution in [0.5, 0.6) is 0 Å². The fourth-order valence-corrected chi connectivity index (χ4v) is 3.85. The maximum Gasteiger partial charge on any atom is 0.291 e. The topological polar surface area (TPSA) is 48.7 Å². The molecule has 0 atom stereocenters. The van der Waals surface area contributed by atoms with E-state index in [4.69, 9.17) is 4.42 Å². The smallest absolute Gasteiger partial charge is 0.291 e. The third-order valence-corrected chi connectivity index (χ3v) is 5.59. The molecule has 5 nitrogen and oxygen atoms in total. The van der Waals surface area contributed by atoms with Gasteiger partial charge in [0.05, 0.1) is 11.4 Å². The van der Waals surface area contributed by atoms with E-state index in [1.54, 1.807) is 0 Å². The SMILES string of the molecule is Cc1c(C(=O)Nc2ccccc2N2CCN(C)CC2)oc2ccc(Br)cc12. The molecule has 0 unspecified atom stereocenters. The lowest BCUT2D eigenvalue weighted by Crippen LogP contribution is -2.44. The summed E-state index contributed by atoms with van der Waals surface area (Å²) in [4.78, 5) is 17.6. The van der Waals surface area contributed by atoms with Crippen LogP contribution in [0.2, 0.25) is 0 Å². The molecule has 2 aromatic carbocycles. The van der Waals surface area contributed by atoms with Gasteiger partial charge in [0.1, 0.15) is 5.58 Å². The number of piperazine rings is 1. The molecule has 140 valence electrons. The van der Waals surface area contributed by atoms with E-state index in [0.717, 1.165) is 53.0 Å². The zero-order valence-corrected chi connectivity index (χ0v) is 17.0. The van der Waals surface area contributed by atoms with Gasteiger partial charge < -0.3 is 19.5 Å². The molecule has 1 fully saturated rings. The van der Waals surface area contributed by atoms with Crippen molar-refractivity contribution in [1.82, 2.24) is 4.90 Å². The number of halogens is 1. The van der Waals surface area contributed by atoms with Crippen LogP contribution >= 0.6 is 15.9 Å². The van der Waals surface area contributed by atoms with Crippen molar-refractivity contribution in [3.05, 3.63) is 58.3 Å². The number of benzene rings is 2. The van der Waals surface area contributed by atoms with Crippen molar-refractivity contribution >= 4 is 44.2 Å². The predicted molar refractivity (Wildman–Crippen MR) is 113 cm³/mol. The van der Waals surface area contributed by atoms with E-state index in [0.29, 0.717) is 11.3 Å². The number of hydrogen-bond donors (Lipinski definition) is 1. The number of hydrogen-bond acceptors (Lipinski definition) is 4. The molecular weight excluding hydrogens is 406 g/mol. The summed E-state index contributed by atoms with van der Waals surface area (Å²) < 4.78 is 6.80. The van der Waals surface area contributed by atoms with Gasteiger partial charge in [0.2, 0.25) is 0 Å². The summed E-state index contributed by atoms with van der Waals surface area (Å²) in [5, 5.41) is 4.00. The van der Waals surface area contributed by atoms with Crippen LogP contribution in [0.3, 0.4) is 0 Å². The molecule has 27 heavy (non-hydrogen) atoms. The van der Waals surface area contributed by atoms with E-state index < -0.39 is 0 Å². The summed E-state index contributed by atoms with van der Waals surface area (Å²) in [7, 11) is 2.13. The third-order valence-electron chi connectivity index (χ3n) is 5.10. The van der Waals surface area contributed by atoms with Gasteiger partial charge in [-0.1, -0.05) is 28.1 Å². The Hall–Kier alpha value is -2.31. The maximum atomic E-state index is 12.9. The predicted octanol–water partition coefficient (Wildman–Crippen LogP) is 4.51. The van der Waals surface area contributed by atoms with E-state index in [-0.39, 0.29) is 5.91 Å². The average Bonchev–Trinajstić information content (AvgIpc) is 2.99. The number of nitrogens with zero attached hydrogens (tertiary/aromatic N) is 2. The molecule has 4 rings (SSSR count). The first kappa shape index (κ1) is 18.1. The van der Waals surface area contributed by atoms with Crippen LogP contribution in [0, 0.1) is 6.92 Å². The first-order valence-electron chi connectivity index (χ1n) is 9.05. The number of amides is 1. The Labute approximate surface area is 167 Å². The Balaban J connectivity index is 1.61. The van der Waals surface area contributed by atoms with Crippen molar-refractivity contribution in [3.63, 3.8) is 0 Å². The largest absolute Gasteiger partial charge is 0.451 e. The van der Waals surface area contributed by atoms with E-state index in [1.165, 1.54) is 0 Å². The number of likely N-dealkylation sites (N-methyl/N-ethyl adjacent to an activating group) is 1. The number of rotatable bonds is 3. The van der Waals surface area contributed by atoms with Gasteiger partial charge in [-0.25, -0.2) is 0 Å². The van der Waals surface area contributed by atoms with Crippen LogP contribution < -0.4 is 10.2 Å². The molecule has 3 aromatic rings. The van der Waals surface area contributed by atoms with Crippen LogP contribution in [-0.4, -0.2) is 44.0 Å². The second kappa shape index (κ2) is 7.37. The summed E-state index contributed by atoms with van der Waals surface area (Å²) in [5.41, 5.74) is 3.43. The molecule has 2 heterocycles. The normalized spacial score (nSPS) is 15.3. The number of para-hydroxylation sites is 2. The molecule has 1 saturated heterocycles. The highest BCUT2D eigenvalue weighted by molar-refractivity contribution is 9.10. The molecule has 6 heteroatoms. The number of carbonyl (C=O) groups excluding carboxylic acids is 1. The lowest BCUT2D eigenvalue weighted by atomic mass is 10.1. The van der Waals surface area contributed by atoms with Crippen LogP contribution in [0.1, 0.15) is 16.1 Å². The van der Waals surface area contributed by atoms with Gasteiger partial charge >= 0.3 is 0 Å². The van der Waals surface area contributed by atoms with Crippen LogP contribution in [-0.2, 0) is 0 Å². The Morgan fingerprint density at radius 2 is 1.85 bits per heavy atom. The summed E-state index contributed by atoms with van der Waals surface area (Å²) in [6, 6.07) is 13.7. The van der Waals surface area contributed by atoms with Gasteiger partial charge in [0.25, 0.3) is 5.91 Å². The summed E-state index contributed by atoms with van der Waals surface area (Å²) >= 11 is 3.47. The van der Waals surface area contributed by atoms with Gasteiger partial charge in [0.15, 0.2) is 5.76 Å². The van der Waals surface area contributed by atoms with Gasteiger partial charge in [-0.05, 0) is 44.3 Å². The van der Waals surface area contributed by atoms with Crippen molar-refractivity contribution in [3.8, 4) is 0 Å². The molecule has 0 radical (unpaired) electrons. The Kier molecular flexibility index (Phi) is 4.93. The monoisotopic (exact) mass is 427 g/mol. The fraction of sp³-hybridized carbons (Fsp3) is 0.286. The molecular formula is C21H22BrN3O2. The molecule has 0 saturated carbocycles. The number of furan rings is 1. The first-order chi connectivity index (χ1) is 13.0. The summed E-state index contributed by atoms with van der Waals surface area (Å²) in [6.45, 7) is 5.83. The Morgan fingerprint density at radius 1 is 1.11 bits per heavy atom. The van der Waals surface area contributed by atoms with Crippen molar-refractivity contribution in [2.24, 2.45) is 0 Å². The zero-order valence-electron chi connectivity index (χ0n) is 15.5. The van der Waals surface area contributed by atoms with Gasteiger partial charge in [-0.15, -0.1) is 0 Å². The number of anilines is 2. The lowest BCUT2D eigenvalue weighted by Gasteiger charge is -2.35. The van der Waals surface area contributed by atoms with Crippen molar-refractivity contribution in [2.75, 3.05) is 43.4 Å². The van der Waals surface area contributed by atoms with Crippen molar-refractivity contribution < 1.29 is 9.21 Å². The minimum Gasteiger partial charge on any atom is -0.451 e. The number of aryl methyl sites for hydroxylation is 1. The van der Waals surface area contributed by atoms with Crippen LogP contribution in [0.15, 0.2) is 51.4 Å². The Morgan fingerprint density at radius 3 is 2.63 bits per heavy atom. The second-order valence-electron chi connectivity index (χ2n) is 6.96. The summed E-state index contributed by atoms with van der Waals surface area (Å²) in [6.07, 6.45) is 0. The Bertz CT molecular complexity index is 990. The molecule has 0 aliphatic carbocycles. The molecule has 1 amide bonds. The summed E-state index contributed by atoms with van der Waals surface area (Å²) in [5.74, 6) is 0.137. The molecule has 1 aliphatic heterocycles. The van der Waals surface area contributed by atoms with Crippen molar-refractivity contribution in [1.29, 1.82) is 0 Å². The van der Waals surface area contributed by atoms with Gasteiger partial charge in [-0.3, -0.25) is 4.79 Å². The minimum atomic E-state index is -0.221. The van der Waals surface area contributed by atoms with Crippen molar-refractivity contribution in [2.45, 2.75) is 6.92 Å². The standard InChI is InChI=1S/C21H22BrN3O2/c1-14-16-13-15(22)7-8-19(16)27-20(14)21(26)23-17-5-3-4-6-18(17)25-11-9-24(2)10-12-25/h3-8,13H,9-12H2,1-2H3,(H,23,26). The molecule has 0 spiro atoms. The highest BCUT2D eigenvalue weighted by atomic mass is 79.9. The molecule has 1 aliphatic rings. The third kappa shape index (κ3) is 3.59. The van der Waals surface area contributed by atoms with Gasteiger partial charge in [0, 0.05) is 41.6 Å².